The highest BCUT2D eigenvalue weighted by molar-refractivity contribution is 8.03. The zero-order chi connectivity index (χ0) is 22.8. The quantitative estimate of drug-likeness (QED) is 0.401. The summed E-state index contributed by atoms with van der Waals surface area (Å²) in [7, 11) is 2.06. The molecule has 32 heavy (non-hydrogen) atoms. The van der Waals surface area contributed by atoms with Crippen LogP contribution in [0.2, 0.25) is 0 Å². The monoisotopic (exact) mass is 443 g/mol. The van der Waals surface area contributed by atoms with Gasteiger partial charge in [-0.25, -0.2) is 4.57 Å². The Labute approximate surface area is 193 Å². The Morgan fingerprint density at radius 2 is 1.88 bits per heavy atom. The number of aryl methyl sites for hydroxylation is 3. The summed E-state index contributed by atoms with van der Waals surface area (Å²) >= 11 is 1.61. The fraction of sp³-hybridized carbons (Fsp3) is 0.185. The second-order valence-electron chi connectivity index (χ2n) is 8.20. The van der Waals surface area contributed by atoms with Gasteiger partial charge in [-0.05, 0) is 56.2 Å². The summed E-state index contributed by atoms with van der Waals surface area (Å²) in [6.07, 6.45) is 10.4. The molecule has 3 aromatic rings. The highest BCUT2D eigenvalue weighted by Gasteiger charge is 2.26. The van der Waals surface area contributed by atoms with E-state index in [1.807, 2.05) is 36.1 Å². The van der Waals surface area contributed by atoms with Crippen molar-refractivity contribution in [2.45, 2.75) is 25.7 Å². The molecule has 0 atom stereocenters. The lowest BCUT2D eigenvalue weighted by Gasteiger charge is -2.17. The van der Waals surface area contributed by atoms with Crippen molar-refractivity contribution >= 4 is 40.4 Å². The van der Waals surface area contributed by atoms with E-state index in [9.17, 15) is 9.90 Å². The van der Waals surface area contributed by atoms with Crippen LogP contribution < -0.4 is 9.47 Å². The molecule has 2 heterocycles. The Morgan fingerprint density at radius 1 is 1.12 bits per heavy atom. The number of aliphatic carboxylic acids is 1. The van der Waals surface area contributed by atoms with Gasteiger partial charge in [0, 0.05) is 17.0 Å². The molecule has 2 aromatic carbocycles. The molecular formula is C27H27N2O2S+. The minimum absolute atomic E-state index is 0.0516. The van der Waals surface area contributed by atoms with E-state index in [1.54, 1.807) is 11.8 Å². The lowest BCUT2D eigenvalue weighted by atomic mass is 10.0. The van der Waals surface area contributed by atoms with Gasteiger partial charge in [-0.2, -0.15) is 0 Å². The number of hydrogen-bond acceptors (Lipinski definition) is 3. The Balaban J connectivity index is 1.61. The van der Waals surface area contributed by atoms with Crippen LogP contribution in [-0.4, -0.2) is 17.6 Å². The largest absolute Gasteiger partial charge is 0.480 e. The van der Waals surface area contributed by atoms with Gasteiger partial charge in [0.15, 0.2) is 6.20 Å². The van der Waals surface area contributed by atoms with Crippen LogP contribution in [0.3, 0.4) is 0 Å². The van der Waals surface area contributed by atoms with Gasteiger partial charge in [0.05, 0.1) is 16.1 Å². The van der Waals surface area contributed by atoms with Crippen molar-refractivity contribution < 1.29 is 14.5 Å². The minimum atomic E-state index is -0.843. The van der Waals surface area contributed by atoms with Crippen LogP contribution in [0.25, 0.3) is 17.0 Å². The molecule has 4 nitrogen and oxygen atoms in total. The Kier molecular flexibility index (Phi) is 6.19. The third-order valence-corrected chi connectivity index (χ3v) is 6.63. The summed E-state index contributed by atoms with van der Waals surface area (Å²) in [5.41, 5.74) is 6.82. The second-order valence-corrected chi connectivity index (χ2v) is 9.27. The molecule has 1 aromatic heterocycles. The van der Waals surface area contributed by atoms with Gasteiger partial charge < -0.3 is 10.0 Å². The Morgan fingerprint density at radius 3 is 2.66 bits per heavy atom. The van der Waals surface area contributed by atoms with Gasteiger partial charge in [-0.1, -0.05) is 53.3 Å². The van der Waals surface area contributed by atoms with Crippen LogP contribution in [0, 0.1) is 13.8 Å². The van der Waals surface area contributed by atoms with E-state index >= 15 is 0 Å². The van der Waals surface area contributed by atoms with Crippen molar-refractivity contribution in [3.8, 4) is 0 Å². The van der Waals surface area contributed by atoms with Gasteiger partial charge in [-0.15, -0.1) is 0 Å². The summed E-state index contributed by atoms with van der Waals surface area (Å²) in [5, 5.41) is 11.5. The van der Waals surface area contributed by atoms with E-state index in [0.29, 0.717) is 0 Å². The van der Waals surface area contributed by atoms with Crippen LogP contribution in [0.4, 0.5) is 5.69 Å². The standard InChI is InChI=1S/C27H26N2O2S/c1-18(5-9-21-13-14-28(4)23-10-6-19(2)15-22(21)23)8-12-26-29(17-27(30)31)24-11-7-20(3)16-25(24)32-26/h5-16H,17H2,1-4H3/p+1. The van der Waals surface area contributed by atoms with Crippen molar-refractivity contribution in [1.29, 1.82) is 0 Å². The maximum atomic E-state index is 11.4. The lowest BCUT2D eigenvalue weighted by molar-refractivity contribution is -0.644. The van der Waals surface area contributed by atoms with Gasteiger partial charge in [-0.3, -0.25) is 4.79 Å². The molecule has 0 unspecified atom stereocenters. The molecule has 5 heteroatoms. The first-order chi connectivity index (χ1) is 15.3. The molecule has 1 N–H and O–H groups in total. The molecular weight excluding hydrogens is 416 g/mol. The first-order valence-electron chi connectivity index (χ1n) is 10.6. The SMILES string of the molecule is CC(/C=C/c1cc[n+](C)c2ccc(C)cc12)=C\C=C1/Sc2cc(C)ccc2N1CC(=O)O. The number of fused-ring (bicyclic) bond motifs is 2. The van der Waals surface area contributed by atoms with Crippen LogP contribution >= 0.6 is 11.8 Å². The fourth-order valence-electron chi connectivity index (χ4n) is 3.81. The van der Waals surface area contributed by atoms with Crippen molar-refractivity contribution in [3.63, 3.8) is 0 Å². The van der Waals surface area contributed by atoms with Gasteiger partial charge in [0.2, 0.25) is 5.52 Å². The number of pyridine rings is 1. The van der Waals surface area contributed by atoms with Crippen LogP contribution in [0.15, 0.2) is 82.4 Å². The number of thioether (sulfide) groups is 1. The van der Waals surface area contributed by atoms with Gasteiger partial charge >= 0.3 is 5.97 Å². The zero-order valence-electron chi connectivity index (χ0n) is 18.8. The molecule has 0 bridgehead atoms. The lowest BCUT2D eigenvalue weighted by Crippen LogP contribution is -2.28. The molecule has 0 spiro atoms. The molecule has 0 amide bonds. The Bertz CT molecular complexity index is 1300. The van der Waals surface area contributed by atoms with Crippen LogP contribution in [-0.2, 0) is 11.8 Å². The van der Waals surface area contributed by atoms with E-state index in [0.717, 1.165) is 21.2 Å². The minimum Gasteiger partial charge on any atom is -0.480 e. The molecule has 1 aliphatic rings. The number of rotatable bonds is 5. The first kappa shape index (κ1) is 21.9. The van der Waals surface area contributed by atoms with E-state index in [4.69, 9.17) is 0 Å². The molecule has 0 saturated heterocycles. The molecule has 162 valence electrons. The number of benzene rings is 2. The molecule has 0 saturated carbocycles. The maximum Gasteiger partial charge on any atom is 0.323 e. The summed E-state index contributed by atoms with van der Waals surface area (Å²) in [6, 6.07) is 14.8. The highest BCUT2D eigenvalue weighted by Crippen LogP contribution is 2.46. The summed E-state index contributed by atoms with van der Waals surface area (Å²) < 4.78 is 2.13. The highest BCUT2D eigenvalue weighted by atomic mass is 32.2. The third-order valence-electron chi connectivity index (χ3n) is 5.52. The van der Waals surface area contributed by atoms with Crippen LogP contribution in [0.5, 0.6) is 0 Å². The number of carboxylic acids is 1. The maximum absolute atomic E-state index is 11.4. The first-order valence-corrected chi connectivity index (χ1v) is 11.4. The molecule has 0 aliphatic carbocycles. The second kappa shape index (κ2) is 9.05. The number of anilines is 1. The van der Waals surface area contributed by atoms with E-state index in [1.165, 1.54) is 27.6 Å². The summed E-state index contributed by atoms with van der Waals surface area (Å²) in [5.74, 6) is -0.843. The predicted octanol–water partition coefficient (Wildman–Crippen LogP) is 5.78. The number of hydrogen-bond donors (Lipinski definition) is 1. The Hall–Kier alpha value is -3.31. The van der Waals surface area contributed by atoms with Gasteiger partial charge in [0.25, 0.3) is 0 Å². The average Bonchev–Trinajstić information content (AvgIpc) is 3.07. The summed E-state index contributed by atoms with van der Waals surface area (Å²) in [4.78, 5) is 14.4. The summed E-state index contributed by atoms with van der Waals surface area (Å²) in [6.45, 7) is 6.17. The molecule has 0 fully saturated rings. The third kappa shape index (κ3) is 4.63. The van der Waals surface area contributed by atoms with Crippen molar-refractivity contribution in [1.82, 2.24) is 0 Å². The van der Waals surface area contributed by atoms with E-state index in [-0.39, 0.29) is 6.54 Å². The van der Waals surface area contributed by atoms with Crippen molar-refractivity contribution in [2.24, 2.45) is 7.05 Å². The molecule has 4 rings (SSSR count). The number of allylic oxidation sites excluding steroid dienone is 4. The zero-order valence-corrected chi connectivity index (χ0v) is 19.6. The number of carboxylic acid groups (broad SMARTS) is 1. The van der Waals surface area contributed by atoms with Crippen molar-refractivity contribution in [2.75, 3.05) is 11.4 Å². The number of carbonyl (C=O) groups is 1. The molecule has 1 aliphatic heterocycles. The number of aromatic nitrogens is 1. The molecule has 0 radical (unpaired) electrons. The smallest absolute Gasteiger partial charge is 0.323 e. The fourth-order valence-corrected chi connectivity index (χ4v) is 4.97. The predicted molar refractivity (Wildman–Crippen MR) is 133 cm³/mol. The topological polar surface area (TPSA) is 44.4 Å². The van der Waals surface area contributed by atoms with Crippen LogP contribution in [0.1, 0.15) is 23.6 Å². The normalized spacial score (nSPS) is 15.2. The van der Waals surface area contributed by atoms with Gasteiger partial charge in [0.1, 0.15) is 13.6 Å². The average molecular weight is 444 g/mol. The number of nitrogens with zero attached hydrogens (tertiary/aromatic N) is 2. The van der Waals surface area contributed by atoms with E-state index < -0.39 is 5.97 Å². The van der Waals surface area contributed by atoms with Crippen molar-refractivity contribution in [3.05, 3.63) is 94.2 Å². The van der Waals surface area contributed by atoms with E-state index in [2.05, 4.69) is 74.1 Å².